The van der Waals surface area contributed by atoms with Crippen LogP contribution in [0.5, 0.6) is 5.75 Å². The lowest BCUT2D eigenvalue weighted by Crippen LogP contribution is -2.42. The van der Waals surface area contributed by atoms with Crippen molar-refractivity contribution in [1.82, 2.24) is 24.2 Å². The average Bonchev–Trinajstić information content (AvgIpc) is 3.82. The topological polar surface area (TPSA) is 175 Å². The largest absolute Gasteiger partial charge is 0.497 e. The summed E-state index contributed by atoms with van der Waals surface area (Å²) in [6, 6.07) is 29.9. The van der Waals surface area contributed by atoms with Crippen LogP contribution >= 0.6 is 8.53 Å². The number of aromatic amines is 1. The van der Waals surface area contributed by atoms with Gasteiger partial charge in [-0.15, -0.1) is 0 Å². The number of ether oxygens (including phenoxy) is 4. The Morgan fingerprint density at radius 3 is 2.12 bits per heavy atom. The lowest BCUT2D eigenvalue weighted by molar-refractivity contribution is -0.118. The Hall–Kier alpha value is -5.04. The minimum Gasteiger partial charge on any atom is -0.497 e. The molecule has 318 valence electrons. The van der Waals surface area contributed by atoms with Gasteiger partial charge in [-0.1, -0.05) is 86.6 Å². The summed E-state index contributed by atoms with van der Waals surface area (Å²) in [6.45, 7) is 11.9. The molecule has 1 amide bonds. The second kappa shape index (κ2) is 20.0. The summed E-state index contributed by atoms with van der Waals surface area (Å²) >= 11 is 0. The van der Waals surface area contributed by atoms with E-state index in [1.54, 1.807) is 32.6 Å². The molecule has 6 rings (SSSR count). The lowest BCUT2D eigenvalue weighted by atomic mass is 9.80. The van der Waals surface area contributed by atoms with E-state index >= 15 is 0 Å². The zero-order chi connectivity index (χ0) is 43.0. The number of fused-ring (bicyclic) bond motifs is 1. The molecule has 1 aliphatic heterocycles. The lowest BCUT2D eigenvalue weighted by Gasteiger charge is -2.39. The Balaban J connectivity index is 1.48. The number of aromatic nitrogens is 4. The van der Waals surface area contributed by atoms with E-state index in [1.807, 2.05) is 84.9 Å². The van der Waals surface area contributed by atoms with Crippen LogP contribution in [0, 0.1) is 17.2 Å². The molecule has 1 saturated heterocycles. The summed E-state index contributed by atoms with van der Waals surface area (Å²) in [5.41, 5.74) is 1.15. The molecule has 1 aliphatic rings. The first-order valence-electron chi connectivity index (χ1n) is 20.0. The van der Waals surface area contributed by atoms with Crippen LogP contribution in [0.4, 0.5) is 5.95 Å². The third-order valence-corrected chi connectivity index (χ3v) is 12.4. The predicted molar refractivity (Wildman–Crippen MR) is 228 cm³/mol. The maximum atomic E-state index is 13.3. The van der Waals surface area contributed by atoms with E-state index in [0.717, 1.165) is 16.7 Å². The Morgan fingerprint density at radius 1 is 0.950 bits per heavy atom. The number of H-pyrrole nitrogens is 1. The summed E-state index contributed by atoms with van der Waals surface area (Å²) in [5, 5.41) is 12.1. The van der Waals surface area contributed by atoms with E-state index in [9.17, 15) is 14.9 Å². The molecule has 15 nitrogen and oxygen atoms in total. The fourth-order valence-corrected chi connectivity index (χ4v) is 9.17. The van der Waals surface area contributed by atoms with Crippen LogP contribution < -0.4 is 15.6 Å². The van der Waals surface area contributed by atoms with Crippen molar-refractivity contribution < 1.29 is 32.8 Å². The van der Waals surface area contributed by atoms with Crippen LogP contribution in [0.1, 0.15) is 70.9 Å². The van der Waals surface area contributed by atoms with Gasteiger partial charge in [0.2, 0.25) is 11.9 Å². The highest BCUT2D eigenvalue weighted by molar-refractivity contribution is 7.44. The van der Waals surface area contributed by atoms with Crippen molar-refractivity contribution in [2.45, 2.75) is 90.2 Å². The monoisotopic (exact) mass is 839 g/mol. The van der Waals surface area contributed by atoms with Crippen LogP contribution in [0.3, 0.4) is 0 Å². The summed E-state index contributed by atoms with van der Waals surface area (Å²) in [7, 11) is 1.40. The van der Waals surface area contributed by atoms with Crippen LogP contribution in [-0.2, 0) is 33.7 Å². The van der Waals surface area contributed by atoms with Gasteiger partial charge in [0.05, 0.1) is 39.1 Å². The Morgan fingerprint density at radius 2 is 1.57 bits per heavy atom. The van der Waals surface area contributed by atoms with Crippen molar-refractivity contribution in [3.05, 3.63) is 118 Å². The minimum atomic E-state index is -1.79. The zero-order valence-corrected chi connectivity index (χ0v) is 36.2. The maximum absolute atomic E-state index is 13.3. The van der Waals surface area contributed by atoms with Crippen LogP contribution in [0.2, 0.25) is 0 Å². The van der Waals surface area contributed by atoms with E-state index < -0.39 is 44.2 Å². The van der Waals surface area contributed by atoms with Gasteiger partial charge in [0, 0.05) is 25.1 Å². The smallest absolute Gasteiger partial charge is 0.280 e. The number of hydrogen-bond acceptors (Lipinski definition) is 12. The zero-order valence-electron chi connectivity index (χ0n) is 35.3. The number of benzene rings is 3. The first-order chi connectivity index (χ1) is 28.9. The van der Waals surface area contributed by atoms with E-state index in [0.29, 0.717) is 5.75 Å². The molecule has 60 heavy (non-hydrogen) atoms. The van der Waals surface area contributed by atoms with Crippen molar-refractivity contribution in [2.75, 3.05) is 32.8 Å². The average molecular weight is 840 g/mol. The normalized spacial score (nSPS) is 18.7. The van der Waals surface area contributed by atoms with Crippen molar-refractivity contribution >= 4 is 31.5 Å². The van der Waals surface area contributed by atoms with Gasteiger partial charge in [-0.25, -0.2) is 9.65 Å². The SMILES string of the molecule is COc1ccc(C(OC[C@H]2O[C@@H](n3cnc4c(=O)[nH]c(NC(=O)C(C)C)nc43)[C@@H](OC)C2OP(OCCC#N)N(C(C)C)C(C)C)(c2ccccc2)c2ccccc2)cc1. The Kier molecular flexibility index (Phi) is 14.8. The Labute approximate surface area is 351 Å². The molecule has 5 atom stereocenters. The molecule has 3 aromatic carbocycles. The summed E-state index contributed by atoms with van der Waals surface area (Å²) < 4.78 is 43.3. The first kappa shape index (κ1) is 44.5. The molecule has 2 N–H and O–H groups in total. The Bertz CT molecular complexity index is 2220. The number of nitriles is 1. The second-order valence-electron chi connectivity index (χ2n) is 15.2. The van der Waals surface area contributed by atoms with Crippen LogP contribution in [-0.4, -0.2) is 87.9 Å². The number of rotatable bonds is 19. The van der Waals surface area contributed by atoms with Crippen molar-refractivity contribution in [1.29, 1.82) is 5.26 Å². The quantitative estimate of drug-likeness (QED) is 0.0483. The summed E-state index contributed by atoms with van der Waals surface area (Å²) in [6.07, 6.45) is -1.75. The predicted octanol–water partition coefficient (Wildman–Crippen LogP) is 7.30. The third-order valence-electron chi connectivity index (χ3n) is 10.2. The molecule has 0 bridgehead atoms. The highest BCUT2D eigenvalue weighted by atomic mass is 31.2. The number of amides is 1. The number of carbonyl (C=O) groups excluding carboxylic acids is 1. The van der Waals surface area contributed by atoms with Gasteiger partial charge in [0.1, 0.15) is 29.7 Å². The van der Waals surface area contributed by atoms with E-state index in [-0.39, 0.29) is 60.7 Å². The number of methoxy groups -OCH3 is 2. The van der Waals surface area contributed by atoms with Crippen LogP contribution in [0.15, 0.2) is 96.1 Å². The maximum Gasteiger partial charge on any atom is 0.280 e. The molecule has 0 spiro atoms. The van der Waals surface area contributed by atoms with Gasteiger partial charge in [0.25, 0.3) is 14.1 Å². The van der Waals surface area contributed by atoms with E-state index in [2.05, 4.69) is 58.7 Å². The highest BCUT2D eigenvalue weighted by Crippen LogP contribution is 2.51. The second-order valence-corrected chi connectivity index (χ2v) is 16.6. The molecular formula is C44H54N7O8P. The summed E-state index contributed by atoms with van der Waals surface area (Å²) in [4.78, 5) is 37.6. The molecule has 1 fully saturated rings. The minimum absolute atomic E-state index is 0.0129. The molecule has 0 aliphatic carbocycles. The van der Waals surface area contributed by atoms with E-state index in [1.165, 1.54) is 6.33 Å². The van der Waals surface area contributed by atoms with Crippen molar-refractivity contribution in [3.63, 3.8) is 0 Å². The molecule has 2 aromatic heterocycles. The van der Waals surface area contributed by atoms with Gasteiger partial charge >= 0.3 is 0 Å². The number of carbonyl (C=O) groups is 1. The standard InChI is InChI=1S/C44H54N7O8P/c1-28(2)40(52)48-43-47-39-36(41(53)49-43)46-27-50(39)42-38(55-8)37(59-60(57-25-15-24-45)51(29(3)4)30(5)6)35(58-42)26-56-44(31-16-11-9-12-17-31,32-18-13-10-14-19-32)33-20-22-34(54-7)23-21-33/h9-14,16-23,27-30,35,37-38,42H,15,25-26H2,1-8H3,(H2,47,48,49,52,53)/t35-,37?,38+,42-,60?/m1/s1. The van der Waals surface area contributed by atoms with Gasteiger partial charge in [0.15, 0.2) is 17.4 Å². The molecule has 0 radical (unpaired) electrons. The van der Waals surface area contributed by atoms with Crippen molar-refractivity contribution in [2.24, 2.45) is 5.92 Å². The number of hydrogen-bond donors (Lipinski definition) is 2. The van der Waals surface area contributed by atoms with Gasteiger partial charge in [-0.2, -0.15) is 10.2 Å². The van der Waals surface area contributed by atoms with Gasteiger partial charge in [-0.3, -0.25) is 24.5 Å². The fourth-order valence-electron chi connectivity index (χ4n) is 7.40. The first-order valence-corrected chi connectivity index (χ1v) is 21.2. The number of nitrogens with zero attached hydrogens (tertiary/aromatic N) is 5. The molecule has 0 saturated carbocycles. The van der Waals surface area contributed by atoms with Gasteiger partial charge in [-0.05, 0) is 56.5 Å². The number of imidazole rings is 1. The van der Waals surface area contributed by atoms with Gasteiger partial charge < -0.3 is 28.0 Å². The number of nitrogens with one attached hydrogen (secondary N) is 2. The summed E-state index contributed by atoms with van der Waals surface area (Å²) in [5.74, 6) is -0.00273. The highest BCUT2D eigenvalue weighted by Gasteiger charge is 2.51. The molecule has 16 heteroatoms. The van der Waals surface area contributed by atoms with Crippen LogP contribution in [0.25, 0.3) is 11.2 Å². The number of anilines is 1. The molecule has 3 heterocycles. The van der Waals surface area contributed by atoms with E-state index in [4.69, 9.17) is 28.0 Å². The van der Waals surface area contributed by atoms with Crippen molar-refractivity contribution in [3.8, 4) is 11.8 Å². The molecular weight excluding hydrogens is 785 g/mol. The molecule has 2 unspecified atom stereocenters. The molecule has 5 aromatic rings. The third kappa shape index (κ3) is 9.46. The fraction of sp³-hybridized carbons (Fsp3) is 0.432.